The largest absolute Gasteiger partial charge is 0.310 e. The molecule has 55 heavy (non-hydrogen) atoms. The zero-order valence-corrected chi connectivity index (χ0v) is 32.9. The minimum atomic E-state index is 0.557. The van der Waals surface area contributed by atoms with Gasteiger partial charge in [-0.3, -0.25) is 0 Å². The molecule has 274 valence electrons. The van der Waals surface area contributed by atoms with E-state index < -0.39 is 0 Å². The predicted molar refractivity (Wildman–Crippen MR) is 239 cm³/mol. The molecule has 1 aliphatic rings. The second-order valence-electron chi connectivity index (χ2n) is 14.3. The number of hydrogen-bond donors (Lipinski definition) is 0. The van der Waals surface area contributed by atoms with E-state index in [1.54, 1.807) is 0 Å². The van der Waals surface area contributed by atoms with Crippen LogP contribution in [0.3, 0.4) is 0 Å². The summed E-state index contributed by atoms with van der Waals surface area (Å²) in [6.07, 6.45) is 10.1. The van der Waals surface area contributed by atoms with Crippen molar-refractivity contribution in [2.24, 2.45) is 5.92 Å². The van der Waals surface area contributed by atoms with Crippen LogP contribution in [-0.4, -0.2) is 0 Å². The molecule has 0 radical (unpaired) electrons. The first-order valence-electron chi connectivity index (χ1n) is 19.6. The summed E-state index contributed by atoms with van der Waals surface area (Å²) in [4.78, 5) is 2.34. The van der Waals surface area contributed by atoms with Crippen LogP contribution < -0.4 is 4.90 Å². The minimum Gasteiger partial charge on any atom is -0.310 e. The third-order valence-electron chi connectivity index (χ3n) is 9.88. The molecule has 0 N–H and O–H groups in total. The van der Waals surface area contributed by atoms with Crippen LogP contribution >= 0.6 is 0 Å². The molecule has 7 aromatic rings. The van der Waals surface area contributed by atoms with E-state index in [-0.39, 0.29) is 0 Å². The van der Waals surface area contributed by atoms with Crippen molar-refractivity contribution in [3.8, 4) is 33.4 Å². The fourth-order valence-corrected chi connectivity index (χ4v) is 7.03. The maximum absolute atomic E-state index is 2.34. The number of benzene rings is 7. The molecule has 2 unspecified atom stereocenters. The highest BCUT2D eigenvalue weighted by Crippen LogP contribution is 2.38. The molecule has 0 spiro atoms. The molecule has 2 atom stereocenters. The molecule has 0 fully saturated rings. The summed E-state index contributed by atoms with van der Waals surface area (Å²) in [7, 11) is 0. The van der Waals surface area contributed by atoms with Gasteiger partial charge in [0.2, 0.25) is 0 Å². The van der Waals surface area contributed by atoms with E-state index in [1.165, 1.54) is 56.5 Å². The van der Waals surface area contributed by atoms with Gasteiger partial charge < -0.3 is 4.90 Å². The second kappa shape index (κ2) is 19.2. The summed E-state index contributed by atoms with van der Waals surface area (Å²) >= 11 is 0. The first-order valence-corrected chi connectivity index (χ1v) is 19.6. The smallest absolute Gasteiger partial charge is 0.0467 e. The molecule has 0 aromatic heterocycles. The predicted octanol–water partition coefficient (Wildman–Crippen LogP) is 15.7. The topological polar surface area (TPSA) is 3.24 Å². The normalized spacial score (nSPS) is 14.2. The lowest BCUT2D eigenvalue weighted by atomic mass is 9.82. The molecule has 0 heterocycles. The van der Waals surface area contributed by atoms with Crippen LogP contribution in [-0.2, 0) is 0 Å². The van der Waals surface area contributed by atoms with Crippen molar-refractivity contribution in [2.45, 2.75) is 47.0 Å². The molecule has 0 amide bonds. The molecular formula is C54H53N. The van der Waals surface area contributed by atoms with Crippen LogP contribution in [0.4, 0.5) is 17.1 Å². The zero-order chi connectivity index (χ0) is 38.4. The van der Waals surface area contributed by atoms with Crippen LogP contribution in [0.2, 0.25) is 0 Å². The van der Waals surface area contributed by atoms with Gasteiger partial charge in [0.25, 0.3) is 0 Å². The second-order valence-corrected chi connectivity index (χ2v) is 14.3. The van der Waals surface area contributed by atoms with E-state index in [2.05, 4.69) is 246 Å². The van der Waals surface area contributed by atoms with E-state index >= 15 is 0 Å². The van der Waals surface area contributed by atoms with Crippen molar-refractivity contribution in [3.05, 3.63) is 223 Å². The molecule has 8 rings (SSSR count). The molecule has 7 aromatic carbocycles. The fourth-order valence-electron chi connectivity index (χ4n) is 7.03. The van der Waals surface area contributed by atoms with Gasteiger partial charge in [0.1, 0.15) is 0 Å². The summed E-state index contributed by atoms with van der Waals surface area (Å²) in [6.45, 7) is 10.9. The average molecular weight is 716 g/mol. The van der Waals surface area contributed by atoms with E-state index in [1.807, 2.05) is 0 Å². The van der Waals surface area contributed by atoms with Crippen molar-refractivity contribution in [3.63, 3.8) is 0 Å². The van der Waals surface area contributed by atoms with Crippen molar-refractivity contribution < 1.29 is 0 Å². The highest BCUT2D eigenvalue weighted by Gasteiger charge is 2.17. The number of hydrogen-bond acceptors (Lipinski definition) is 1. The van der Waals surface area contributed by atoms with Crippen molar-refractivity contribution in [1.29, 1.82) is 0 Å². The third-order valence-corrected chi connectivity index (χ3v) is 9.88. The van der Waals surface area contributed by atoms with E-state index in [0.717, 1.165) is 17.1 Å². The Labute approximate surface area is 330 Å². The Hall–Kier alpha value is -6.18. The van der Waals surface area contributed by atoms with Crippen LogP contribution in [0.1, 0.15) is 49.8 Å². The van der Waals surface area contributed by atoms with E-state index in [4.69, 9.17) is 0 Å². The number of rotatable bonds is 7. The molecule has 1 aliphatic carbocycles. The molecular weight excluding hydrogens is 663 g/mol. The van der Waals surface area contributed by atoms with Crippen LogP contribution in [0.25, 0.3) is 33.4 Å². The van der Waals surface area contributed by atoms with Crippen LogP contribution in [0.5, 0.6) is 0 Å². The lowest BCUT2D eigenvalue weighted by Crippen LogP contribution is -2.10. The Kier molecular flexibility index (Phi) is 13.5. The fraction of sp³-hybridized carbons (Fsp3) is 0.148. The highest BCUT2D eigenvalue weighted by molar-refractivity contribution is 5.82. The summed E-state index contributed by atoms with van der Waals surface area (Å²) in [6, 6.07) is 64.9. The highest BCUT2D eigenvalue weighted by atomic mass is 15.1. The van der Waals surface area contributed by atoms with Gasteiger partial charge in [-0.2, -0.15) is 0 Å². The van der Waals surface area contributed by atoms with Crippen molar-refractivity contribution >= 4 is 17.1 Å². The van der Waals surface area contributed by atoms with E-state index in [9.17, 15) is 0 Å². The van der Waals surface area contributed by atoms with Gasteiger partial charge in [0, 0.05) is 23.0 Å². The molecule has 1 nitrogen and oxygen atoms in total. The quantitative estimate of drug-likeness (QED) is 0.159. The van der Waals surface area contributed by atoms with E-state index in [0.29, 0.717) is 11.8 Å². The average Bonchev–Trinajstić information content (AvgIpc) is 3.23. The summed E-state index contributed by atoms with van der Waals surface area (Å²) in [5, 5.41) is 0. The monoisotopic (exact) mass is 715 g/mol. The van der Waals surface area contributed by atoms with Crippen molar-refractivity contribution in [1.82, 2.24) is 0 Å². The molecule has 1 heteroatoms. The van der Waals surface area contributed by atoms with Gasteiger partial charge in [-0.05, 0) is 101 Å². The Morgan fingerprint density at radius 1 is 0.418 bits per heavy atom. The number of allylic oxidation sites excluding steroid dienone is 4. The SMILES string of the molecule is CCC.Cc1cccc(-c2cccc(N(c3ccc(-c4ccccc4)cc3)c3ccc(-c4ccccc4)cc3)c2)c1.Cc1ccccc1C1C=CC=CC1C. The Balaban J connectivity index is 0.000000251. The number of aryl methyl sites for hydroxylation is 2. The van der Waals surface area contributed by atoms with Gasteiger partial charge in [-0.15, -0.1) is 0 Å². The first kappa shape index (κ1) is 38.5. The Bertz CT molecular complexity index is 2200. The molecule has 0 saturated heterocycles. The van der Waals surface area contributed by atoms with Crippen molar-refractivity contribution in [2.75, 3.05) is 4.90 Å². The van der Waals surface area contributed by atoms with Crippen LogP contribution in [0.15, 0.2) is 206 Å². The molecule has 0 bridgehead atoms. The lowest BCUT2D eigenvalue weighted by molar-refractivity contribution is 0.632. The van der Waals surface area contributed by atoms with Gasteiger partial charge >= 0.3 is 0 Å². The number of nitrogens with zero attached hydrogens (tertiary/aromatic N) is 1. The minimum absolute atomic E-state index is 0.557. The third kappa shape index (κ3) is 10.1. The maximum Gasteiger partial charge on any atom is 0.0467 e. The lowest BCUT2D eigenvalue weighted by Gasteiger charge is -2.26. The Morgan fingerprint density at radius 2 is 0.873 bits per heavy atom. The summed E-state index contributed by atoms with van der Waals surface area (Å²) < 4.78 is 0. The van der Waals surface area contributed by atoms with Gasteiger partial charge in [-0.25, -0.2) is 0 Å². The van der Waals surface area contributed by atoms with Gasteiger partial charge in [0.05, 0.1) is 0 Å². The molecule has 0 aliphatic heterocycles. The summed E-state index contributed by atoms with van der Waals surface area (Å²) in [5.41, 5.74) is 14.8. The zero-order valence-electron chi connectivity index (χ0n) is 32.9. The van der Waals surface area contributed by atoms with Gasteiger partial charge in [-0.1, -0.05) is 203 Å². The van der Waals surface area contributed by atoms with Gasteiger partial charge in [0.15, 0.2) is 0 Å². The maximum atomic E-state index is 2.34. The van der Waals surface area contributed by atoms with Crippen LogP contribution in [0, 0.1) is 19.8 Å². The first-order chi connectivity index (χ1) is 26.9. The summed E-state index contributed by atoms with van der Waals surface area (Å²) in [5.74, 6) is 1.17. The number of anilines is 3. The Morgan fingerprint density at radius 3 is 1.40 bits per heavy atom. The standard InChI is InChI=1S/C37H29N.C14H16.C3H8/c1-28-10-8-15-33(26-28)34-16-9-17-37(27-34)38(35-22-18-31(19-23-35)29-11-4-2-5-12-29)36-24-20-32(21-25-36)30-13-6-3-7-14-30;1-11-7-3-5-9-13(11)14-10-6-4-8-12(14)2;1-3-2/h2-27H,1H3;3-11,13H,1-2H3;3H2,1-2H3. The molecule has 0 saturated carbocycles.